The van der Waals surface area contributed by atoms with Crippen LogP contribution in [0.4, 0.5) is 0 Å². The molecule has 30 heavy (non-hydrogen) atoms. The first-order valence-electron chi connectivity index (χ1n) is 9.42. The van der Waals surface area contributed by atoms with Crippen LogP contribution in [0.5, 0.6) is 5.75 Å². The zero-order valence-corrected chi connectivity index (χ0v) is 16.9. The molecule has 3 N–H and O–H groups in total. The number of nitrogens with zero attached hydrogens (tertiary/aromatic N) is 2. The van der Waals surface area contributed by atoms with E-state index in [1.165, 1.54) is 6.21 Å². The number of carbonyl (C=O) groups excluding carboxylic acids is 1. The molecule has 0 aliphatic rings. The number of hydrogen-bond donors (Lipinski definition) is 2. The standard InChI is InChI=1S/C22H25N3O5/c1-3-28-21(26)19(22(27)29-4-2)20(23)25-24-14-17-11-8-12-18(13-17)30-15-16-9-6-5-7-10-16/h5-14,26H,3-4,15H2,1-2H3,(H2,23,25)/b21-19-,24-14-. The van der Waals surface area contributed by atoms with Gasteiger partial charge in [-0.15, -0.1) is 5.10 Å². The Hall–Kier alpha value is -3.81. The summed E-state index contributed by atoms with van der Waals surface area (Å²) in [5.41, 5.74) is 7.19. The van der Waals surface area contributed by atoms with E-state index in [-0.39, 0.29) is 24.6 Å². The predicted octanol–water partition coefficient (Wildman–Crippen LogP) is 3.33. The van der Waals surface area contributed by atoms with Gasteiger partial charge in [0.05, 0.1) is 19.4 Å². The van der Waals surface area contributed by atoms with E-state index in [9.17, 15) is 9.90 Å². The van der Waals surface area contributed by atoms with E-state index in [1.807, 2.05) is 48.5 Å². The summed E-state index contributed by atoms with van der Waals surface area (Å²) in [6.07, 6.45) is 1.45. The molecule has 2 rings (SSSR count). The lowest BCUT2D eigenvalue weighted by molar-refractivity contribution is -0.138. The average Bonchev–Trinajstić information content (AvgIpc) is 2.74. The van der Waals surface area contributed by atoms with Crippen molar-refractivity contribution < 1.29 is 24.1 Å². The summed E-state index contributed by atoms with van der Waals surface area (Å²) in [6.45, 7) is 3.97. The summed E-state index contributed by atoms with van der Waals surface area (Å²) in [6, 6.07) is 17.1. The van der Waals surface area contributed by atoms with Gasteiger partial charge in [0, 0.05) is 0 Å². The third kappa shape index (κ3) is 6.97. The quantitative estimate of drug-likeness (QED) is 0.155. The molecule has 0 fully saturated rings. The lowest BCUT2D eigenvalue weighted by Crippen LogP contribution is -2.25. The van der Waals surface area contributed by atoms with Crippen LogP contribution in [0, 0.1) is 0 Å². The predicted molar refractivity (Wildman–Crippen MR) is 114 cm³/mol. The smallest absolute Gasteiger partial charge is 0.349 e. The van der Waals surface area contributed by atoms with E-state index in [0.29, 0.717) is 17.9 Å². The third-order valence-electron chi connectivity index (χ3n) is 3.71. The first-order valence-corrected chi connectivity index (χ1v) is 9.42. The lowest BCUT2D eigenvalue weighted by atomic mass is 10.2. The molecule has 0 spiro atoms. The van der Waals surface area contributed by atoms with Gasteiger partial charge < -0.3 is 25.1 Å². The molecule has 0 atom stereocenters. The van der Waals surface area contributed by atoms with Crippen LogP contribution >= 0.6 is 0 Å². The monoisotopic (exact) mass is 411 g/mol. The fourth-order valence-corrected chi connectivity index (χ4v) is 2.35. The Morgan fingerprint density at radius 3 is 2.50 bits per heavy atom. The van der Waals surface area contributed by atoms with Crippen LogP contribution in [-0.2, 0) is 20.9 Å². The topological polar surface area (TPSA) is 116 Å². The summed E-state index contributed by atoms with van der Waals surface area (Å²) in [4.78, 5) is 12.0. The van der Waals surface area contributed by atoms with Crippen molar-refractivity contribution in [3.8, 4) is 5.75 Å². The van der Waals surface area contributed by atoms with Gasteiger partial charge in [0.1, 0.15) is 12.4 Å². The van der Waals surface area contributed by atoms with E-state index in [4.69, 9.17) is 19.9 Å². The van der Waals surface area contributed by atoms with Crippen LogP contribution in [0.3, 0.4) is 0 Å². The zero-order valence-electron chi connectivity index (χ0n) is 16.9. The van der Waals surface area contributed by atoms with E-state index in [0.717, 1.165) is 5.56 Å². The number of hydrogen-bond acceptors (Lipinski definition) is 7. The minimum absolute atomic E-state index is 0.105. The van der Waals surface area contributed by atoms with Gasteiger partial charge in [-0.1, -0.05) is 42.5 Å². The normalized spacial score (nSPS) is 12.4. The molecule has 0 heterocycles. The Labute approximate surface area is 175 Å². The molecule has 8 heteroatoms. The Kier molecular flexibility index (Phi) is 8.92. The van der Waals surface area contributed by atoms with Gasteiger partial charge in [0.25, 0.3) is 5.95 Å². The fourth-order valence-electron chi connectivity index (χ4n) is 2.35. The van der Waals surface area contributed by atoms with E-state index >= 15 is 0 Å². The molecule has 0 bridgehead atoms. The second-order valence-electron chi connectivity index (χ2n) is 5.91. The molecule has 0 aromatic heterocycles. The van der Waals surface area contributed by atoms with Gasteiger partial charge >= 0.3 is 5.97 Å². The van der Waals surface area contributed by atoms with Crippen molar-refractivity contribution in [3.05, 3.63) is 77.2 Å². The van der Waals surface area contributed by atoms with Gasteiger partial charge in [-0.05, 0) is 37.1 Å². The van der Waals surface area contributed by atoms with Gasteiger partial charge in [-0.2, -0.15) is 5.10 Å². The molecule has 0 radical (unpaired) electrons. The maximum absolute atomic E-state index is 12.0. The summed E-state index contributed by atoms with van der Waals surface area (Å²) in [5.74, 6) is -1.17. The highest BCUT2D eigenvalue weighted by Gasteiger charge is 2.22. The van der Waals surface area contributed by atoms with Crippen molar-refractivity contribution >= 4 is 18.0 Å². The Bertz CT molecular complexity index is 923. The average molecular weight is 411 g/mol. The fraction of sp³-hybridized carbons (Fsp3) is 0.227. The second-order valence-corrected chi connectivity index (χ2v) is 5.91. The van der Waals surface area contributed by atoms with Crippen molar-refractivity contribution in [2.75, 3.05) is 13.2 Å². The Morgan fingerprint density at radius 1 is 1.07 bits per heavy atom. The summed E-state index contributed by atoms with van der Waals surface area (Å²) < 4.78 is 15.6. The third-order valence-corrected chi connectivity index (χ3v) is 3.71. The van der Waals surface area contributed by atoms with Gasteiger partial charge in [-0.3, -0.25) is 0 Å². The number of carbonyl (C=O) groups is 1. The molecule has 0 aliphatic heterocycles. The van der Waals surface area contributed by atoms with Crippen LogP contribution in [-0.4, -0.2) is 36.3 Å². The van der Waals surface area contributed by atoms with Crippen molar-refractivity contribution in [1.82, 2.24) is 0 Å². The maximum Gasteiger partial charge on any atom is 0.349 e. The van der Waals surface area contributed by atoms with Crippen LogP contribution < -0.4 is 10.5 Å². The number of esters is 1. The Morgan fingerprint density at radius 2 is 1.80 bits per heavy atom. The number of amidine groups is 1. The number of ether oxygens (including phenoxy) is 3. The molecule has 0 amide bonds. The first kappa shape index (κ1) is 22.5. The molecule has 8 nitrogen and oxygen atoms in total. The number of nitrogens with two attached hydrogens (primary N) is 1. The minimum Gasteiger partial charge on any atom is -0.489 e. The summed E-state index contributed by atoms with van der Waals surface area (Å²) in [7, 11) is 0. The molecular formula is C22H25N3O5. The van der Waals surface area contributed by atoms with E-state index in [2.05, 4.69) is 10.2 Å². The molecule has 0 aliphatic carbocycles. The molecule has 0 saturated carbocycles. The van der Waals surface area contributed by atoms with Crippen LogP contribution in [0.2, 0.25) is 0 Å². The van der Waals surface area contributed by atoms with Gasteiger partial charge in [0.15, 0.2) is 11.4 Å². The van der Waals surface area contributed by atoms with Crippen LogP contribution in [0.15, 0.2) is 76.3 Å². The van der Waals surface area contributed by atoms with Gasteiger partial charge in [-0.25, -0.2) is 4.79 Å². The zero-order chi connectivity index (χ0) is 21.8. The van der Waals surface area contributed by atoms with Crippen molar-refractivity contribution in [2.45, 2.75) is 20.5 Å². The molecular weight excluding hydrogens is 386 g/mol. The summed E-state index contributed by atoms with van der Waals surface area (Å²) >= 11 is 0. The van der Waals surface area contributed by atoms with Gasteiger partial charge in [0.2, 0.25) is 0 Å². The summed E-state index contributed by atoms with van der Waals surface area (Å²) in [5, 5.41) is 17.6. The highest BCUT2D eigenvalue weighted by molar-refractivity contribution is 6.18. The maximum atomic E-state index is 12.0. The van der Waals surface area contributed by atoms with Crippen LogP contribution in [0.1, 0.15) is 25.0 Å². The molecule has 2 aromatic rings. The molecule has 158 valence electrons. The van der Waals surface area contributed by atoms with E-state index in [1.54, 1.807) is 19.9 Å². The van der Waals surface area contributed by atoms with Crippen molar-refractivity contribution in [1.29, 1.82) is 0 Å². The lowest BCUT2D eigenvalue weighted by Gasteiger charge is -2.08. The highest BCUT2D eigenvalue weighted by Crippen LogP contribution is 2.14. The molecule has 0 saturated heterocycles. The highest BCUT2D eigenvalue weighted by atomic mass is 16.6. The number of aliphatic hydroxyl groups excluding tert-OH is 1. The largest absolute Gasteiger partial charge is 0.489 e. The Balaban J connectivity index is 2.10. The van der Waals surface area contributed by atoms with Crippen LogP contribution in [0.25, 0.3) is 0 Å². The minimum atomic E-state index is -0.851. The SMILES string of the molecule is CCOC(=O)C(=C(/O)OCC)/C(N)=N\N=C/c1cccc(OCc2ccccc2)c1. The number of benzene rings is 2. The van der Waals surface area contributed by atoms with Crippen molar-refractivity contribution in [2.24, 2.45) is 15.9 Å². The van der Waals surface area contributed by atoms with E-state index < -0.39 is 11.9 Å². The second kappa shape index (κ2) is 11.9. The number of aliphatic hydroxyl groups is 1. The molecule has 0 unspecified atom stereocenters. The number of rotatable bonds is 10. The molecule has 2 aromatic carbocycles. The van der Waals surface area contributed by atoms with Crippen molar-refractivity contribution in [3.63, 3.8) is 0 Å². The first-order chi connectivity index (χ1) is 14.5.